The number of nitrogens with zero attached hydrogens (tertiary/aromatic N) is 4. The lowest BCUT2D eigenvalue weighted by Gasteiger charge is -2.29. The molecule has 0 bridgehead atoms. The number of amides is 1. The highest BCUT2D eigenvalue weighted by Gasteiger charge is 2.29. The number of benzene rings is 2. The molecular formula is C27H32F2N4O4S2. The lowest BCUT2D eigenvalue weighted by molar-refractivity contribution is 0.0376. The molecule has 12 heteroatoms. The summed E-state index contributed by atoms with van der Waals surface area (Å²) in [6.07, 6.45) is 2.28. The van der Waals surface area contributed by atoms with Gasteiger partial charge in [-0.3, -0.25) is 14.6 Å². The first-order valence-corrected chi connectivity index (χ1v) is 15.5. The maximum atomic E-state index is 14.4. The van der Waals surface area contributed by atoms with Crippen LogP contribution in [0.2, 0.25) is 0 Å². The van der Waals surface area contributed by atoms with Crippen LogP contribution in [0.25, 0.3) is 10.2 Å². The van der Waals surface area contributed by atoms with E-state index in [9.17, 15) is 22.0 Å². The normalized spacial score (nSPS) is 18.0. The van der Waals surface area contributed by atoms with Crippen molar-refractivity contribution in [3.63, 3.8) is 0 Å². The Morgan fingerprint density at radius 3 is 2.49 bits per heavy atom. The maximum Gasteiger partial charge on any atom is 0.260 e. The van der Waals surface area contributed by atoms with Crippen molar-refractivity contribution in [2.24, 2.45) is 5.92 Å². The van der Waals surface area contributed by atoms with Gasteiger partial charge in [-0.05, 0) is 55.5 Å². The van der Waals surface area contributed by atoms with Crippen LogP contribution in [0, 0.1) is 17.6 Å². The zero-order chi connectivity index (χ0) is 27.6. The molecule has 0 atom stereocenters. The quantitative estimate of drug-likeness (QED) is 0.395. The van der Waals surface area contributed by atoms with Crippen molar-refractivity contribution in [3.8, 4) is 0 Å². The van der Waals surface area contributed by atoms with Gasteiger partial charge in [0, 0.05) is 50.9 Å². The third-order valence-corrected chi connectivity index (χ3v) is 10.3. The van der Waals surface area contributed by atoms with Crippen LogP contribution in [0.5, 0.6) is 0 Å². The Hall–Kier alpha value is -2.51. The van der Waals surface area contributed by atoms with Crippen LogP contribution in [-0.4, -0.2) is 81.0 Å². The number of thiazole rings is 1. The number of carbonyl (C=O) groups is 1. The van der Waals surface area contributed by atoms with E-state index in [1.165, 1.54) is 39.5 Å². The number of morpholine rings is 1. The molecule has 210 valence electrons. The number of rotatable bonds is 8. The smallest absolute Gasteiger partial charge is 0.260 e. The first-order valence-electron chi connectivity index (χ1n) is 13.2. The van der Waals surface area contributed by atoms with Gasteiger partial charge in [0.25, 0.3) is 5.91 Å². The molecule has 1 amide bonds. The average molecular weight is 579 g/mol. The second-order valence-corrected chi connectivity index (χ2v) is 13.1. The van der Waals surface area contributed by atoms with Crippen LogP contribution < -0.4 is 4.90 Å². The summed E-state index contributed by atoms with van der Waals surface area (Å²) in [4.78, 5) is 21.9. The van der Waals surface area contributed by atoms with Crippen molar-refractivity contribution in [3.05, 3.63) is 53.6 Å². The Bertz CT molecular complexity index is 1420. The maximum absolute atomic E-state index is 14.4. The summed E-state index contributed by atoms with van der Waals surface area (Å²) < 4.78 is 61.7. The van der Waals surface area contributed by atoms with Crippen LogP contribution in [0.3, 0.4) is 0 Å². The molecule has 5 rings (SSSR count). The van der Waals surface area contributed by atoms with Gasteiger partial charge in [-0.15, -0.1) is 0 Å². The molecule has 0 aliphatic carbocycles. The summed E-state index contributed by atoms with van der Waals surface area (Å²) in [7, 11) is -3.65. The van der Waals surface area contributed by atoms with Crippen LogP contribution in [0.15, 0.2) is 41.3 Å². The van der Waals surface area contributed by atoms with E-state index in [2.05, 4.69) is 16.8 Å². The minimum Gasteiger partial charge on any atom is -0.379 e. The van der Waals surface area contributed by atoms with Crippen LogP contribution in [0.1, 0.15) is 36.5 Å². The van der Waals surface area contributed by atoms with E-state index in [0.717, 1.165) is 49.9 Å². The van der Waals surface area contributed by atoms with E-state index < -0.39 is 21.7 Å². The van der Waals surface area contributed by atoms with E-state index in [0.29, 0.717) is 55.5 Å². The van der Waals surface area contributed by atoms with Gasteiger partial charge in [0.05, 0.1) is 22.8 Å². The number of fused-ring (bicyclic) bond motifs is 1. The summed E-state index contributed by atoms with van der Waals surface area (Å²) >= 11 is 1.05. The first-order chi connectivity index (χ1) is 18.7. The Labute approximate surface area is 231 Å². The fraction of sp³-hybridized carbons (Fsp3) is 0.481. The first kappa shape index (κ1) is 28.0. The van der Waals surface area contributed by atoms with Gasteiger partial charge in [0.2, 0.25) is 10.0 Å². The van der Waals surface area contributed by atoms with Crippen molar-refractivity contribution < 1.29 is 26.7 Å². The minimum absolute atomic E-state index is 0.0136. The van der Waals surface area contributed by atoms with Crippen molar-refractivity contribution in [2.75, 3.05) is 57.4 Å². The molecule has 0 unspecified atom stereocenters. The molecule has 2 aromatic carbocycles. The second kappa shape index (κ2) is 11.9. The fourth-order valence-electron chi connectivity index (χ4n) is 4.92. The SMILES string of the molecule is CC1CCN(S(=O)(=O)c2ccc(C(=O)N(CCCN3CCOCC3)c3nc4c(F)cc(F)cc4s3)cc2)CC1. The molecule has 0 radical (unpaired) electrons. The number of hydrogen-bond donors (Lipinski definition) is 0. The topological polar surface area (TPSA) is 83.1 Å². The molecule has 1 aromatic heterocycles. The predicted molar refractivity (Wildman–Crippen MR) is 147 cm³/mol. The molecule has 8 nitrogen and oxygen atoms in total. The van der Waals surface area contributed by atoms with E-state index in [1.807, 2.05) is 0 Å². The molecule has 3 heterocycles. The summed E-state index contributed by atoms with van der Waals surface area (Å²) in [5.41, 5.74) is 0.304. The third kappa shape index (κ3) is 6.30. The number of anilines is 1. The average Bonchev–Trinajstić information content (AvgIpc) is 3.36. The second-order valence-electron chi connectivity index (χ2n) is 10.1. The zero-order valence-corrected chi connectivity index (χ0v) is 23.4. The number of halogens is 2. The highest BCUT2D eigenvalue weighted by atomic mass is 32.2. The summed E-state index contributed by atoms with van der Waals surface area (Å²) in [5, 5.41) is 0.264. The Kier molecular flexibility index (Phi) is 8.57. The zero-order valence-electron chi connectivity index (χ0n) is 21.8. The minimum atomic E-state index is -3.65. The molecule has 0 spiro atoms. The van der Waals surface area contributed by atoms with Crippen molar-refractivity contribution in [1.82, 2.24) is 14.2 Å². The van der Waals surface area contributed by atoms with Gasteiger partial charge >= 0.3 is 0 Å². The molecule has 2 saturated heterocycles. The number of piperidine rings is 1. The summed E-state index contributed by atoms with van der Waals surface area (Å²) in [5.74, 6) is -1.37. The monoisotopic (exact) mass is 578 g/mol. The molecule has 39 heavy (non-hydrogen) atoms. The number of carbonyl (C=O) groups excluding carboxylic acids is 1. The molecule has 0 saturated carbocycles. The van der Waals surface area contributed by atoms with Crippen LogP contribution in [0.4, 0.5) is 13.9 Å². The number of ether oxygens (including phenoxy) is 1. The number of aromatic nitrogens is 1. The van der Waals surface area contributed by atoms with Gasteiger partial charge in [0.1, 0.15) is 11.3 Å². The van der Waals surface area contributed by atoms with Gasteiger partial charge < -0.3 is 4.74 Å². The lowest BCUT2D eigenvalue weighted by atomic mass is 10.0. The Morgan fingerprint density at radius 2 is 1.79 bits per heavy atom. The highest BCUT2D eigenvalue weighted by molar-refractivity contribution is 7.89. The molecule has 2 fully saturated rings. The van der Waals surface area contributed by atoms with Gasteiger partial charge in [0.15, 0.2) is 10.9 Å². The standard InChI is InChI=1S/C27H32F2N4O4S2/c1-19-7-11-32(12-8-19)39(35,36)22-5-3-20(4-6-22)26(34)33(10-2-9-31-13-15-37-16-14-31)27-30-25-23(29)17-21(28)18-24(25)38-27/h3-6,17-19H,2,7-16H2,1H3. The van der Waals surface area contributed by atoms with Crippen molar-refractivity contribution in [2.45, 2.75) is 31.1 Å². The largest absolute Gasteiger partial charge is 0.379 e. The molecule has 2 aliphatic rings. The highest BCUT2D eigenvalue weighted by Crippen LogP contribution is 2.32. The third-order valence-electron chi connectivity index (χ3n) is 7.32. The Balaban J connectivity index is 1.38. The number of sulfonamides is 1. The predicted octanol–water partition coefficient (Wildman–Crippen LogP) is 4.36. The number of hydrogen-bond acceptors (Lipinski definition) is 7. The molecular weight excluding hydrogens is 546 g/mol. The van der Waals surface area contributed by atoms with Crippen LogP contribution >= 0.6 is 11.3 Å². The van der Waals surface area contributed by atoms with Crippen molar-refractivity contribution >= 4 is 42.6 Å². The van der Waals surface area contributed by atoms with E-state index >= 15 is 0 Å². The fourth-order valence-corrected chi connectivity index (χ4v) is 7.42. The van der Waals surface area contributed by atoms with E-state index in [4.69, 9.17) is 4.74 Å². The van der Waals surface area contributed by atoms with Gasteiger partial charge in [-0.1, -0.05) is 18.3 Å². The van der Waals surface area contributed by atoms with E-state index in [-0.39, 0.29) is 21.5 Å². The van der Waals surface area contributed by atoms with Crippen molar-refractivity contribution in [1.29, 1.82) is 0 Å². The molecule has 0 N–H and O–H groups in total. The summed E-state index contributed by atoms with van der Waals surface area (Å²) in [6, 6.07) is 7.91. The Morgan fingerprint density at radius 1 is 1.10 bits per heavy atom. The summed E-state index contributed by atoms with van der Waals surface area (Å²) in [6.45, 7) is 7.09. The van der Waals surface area contributed by atoms with Crippen LogP contribution in [-0.2, 0) is 14.8 Å². The van der Waals surface area contributed by atoms with E-state index in [1.54, 1.807) is 0 Å². The van der Waals surface area contributed by atoms with Gasteiger partial charge in [-0.25, -0.2) is 22.2 Å². The lowest BCUT2D eigenvalue weighted by Crippen LogP contribution is -2.39. The van der Waals surface area contributed by atoms with Gasteiger partial charge in [-0.2, -0.15) is 4.31 Å². The molecule has 3 aromatic rings. The molecule has 2 aliphatic heterocycles.